The monoisotopic (exact) mass is 320 g/mol. The van der Waals surface area contributed by atoms with Crippen molar-refractivity contribution in [3.05, 3.63) is 11.9 Å². The van der Waals surface area contributed by atoms with Crippen LogP contribution in [-0.2, 0) is 13.0 Å². The molecule has 2 heterocycles. The molecule has 0 spiro atoms. The summed E-state index contributed by atoms with van der Waals surface area (Å²) in [5.74, 6) is 0.714. The Kier molecular flexibility index (Phi) is 5.37. The fraction of sp³-hybridized carbons (Fsp3) is 0.889. The smallest absolute Gasteiger partial charge is 0.0849 e. The maximum Gasteiger partial charge on any atom is 0.0849 e. The van der Waals surface area contributed by atoms with Crippen molar-refractivity contribution >= 4 is 0 Å². The molecular weight excluding hydrogens is 288 g/mol. The Hall–Kier alpha value is -0.940. The van der Waals surface area contributed by atoms with Gasteiger partial charge in [-0.15, -0.1) is 5.10 Å². The third kappa shape index (κ3) is 4.54. The molecule has 1 aliphatic carbocycles. The van der Waals surface area contributed by atoms with Crippen LogP contribution < -0.4 is 0 Å². The third-order valence-corrected chi connectivity index (χ3v) is 5.74. The van der Waals surface area contributed by atoms with Crippen LogP contribution in [0.15, 0.2) is 6.20 Å². The summed E-state index contributed by atoms with van der Waals surface area (Å²) in [6.07, 6.45) is 10.7. The van der Waals surface area contributed by atoms with E-state index in [0.717, 1.165) is 18.3 Å². The lowest BCUT2D eigenvalue weighted by Crippen LogP contribution is -2.45. The van der Waals surface area contributed by atoms with E-state index in [1.807, 2.05) is 10.9 Å². The van der Waals surface area contributed by atoms with Crippen molar-refractivity contribution in [1.29, 1.82) is 0 Å². The molecule has 23 heavy (non-hydrogen) atoms. The number of aromatic nitrogens is 3. The second kappa shape index (κ2) is 7.31. The topological polar surface area (TPSA) is 54.2 Å². The van der Waals surface area contributed by atoms with Crippen molar-refractivity contribution in [2.24, 2.45) is 11.3 Å². The zero-order valence-corrected chi connectivity index (χ0v) is 14.7. The van der Waals surface area contributed by atoms with E-state index >= 15 is 0 Å². The first-order valence-corrected chi connectivity index (χ1v) is 9.30. The van der Waals surface area contributed by atoms with E-state index in [1.54, 1.807) is 0 Å². The van der Waals surface area contributed by atoms with E-state index in [2.05, 4.69) is 29.1 Å². The first-order valence-electron chi connectivity index (χ1n) is 9.30. The van der Waals surface area contributed by atoms with E-state index in [-0.39, 0.29) is 6.61 Å². The molecule has 0 bridgehead atoms. The minimum absolute atomic E-state index is 0.148. The van der Waals surface area contributed by atoms with Gasteiger partial charge >= 0.3 is 0 Å². The van der Waals surface area contributed by atoms with Gasteiger partial charge in [-0.05, 0) is 56.5 Å². The van der Waals surface area contributed by atoms with Gasteiger partial charge in [-0.3, -0.25) is 4.68 Å². The molecule has 1 aromatic heterocycles. The summed E-state index contributed by atoms with van der Waals surface area (Å²) in [4.78, 5) is 2.75. The number of likely N-dealkylation sites (tertiary alicyclic amines) is 1. The van der Waals surface area contributed by atoms with E-state index < -0.39 is 0 Å². The lowest BCUT2D eigenvalue weighted by molar-refractivity contribution is 0.0620. The summed E-state index contributed by atoms with van der Waals surface area (Å²) in [6.45, 7) is 8.46. The van der Waals surface area contributed by atoms with Crippen LogP contribution in [-0.4, -0.2) is 50.7 Å². The molecule has 3 rings (SSSR count). The van der Waals surface area contributed by atoms with Gasteiger partial charge in [0, 0.05) is 31.8 Å². The van der Waals surface area contributed by atoms with Crippen molar-refractivity contribution in [2.45, 2.75) is 71.4 Å². The Bertz CT molecular complexity index is 491. The minimum Gasteiger partial charge on any atom is -0.396 e. The normalized spacial score (nSPS) is 26.5. The molecule has 5 nitrogen and oxygen atoms in total. The molecule has 2 aliphatic rings. The van der Waals surface area contributed by atoms with E-state index in [1.165, 1.54) is 51.6 Å². The molecule has 1 aromatic rings. The summed E-state index contributed by atoms with van der Waals surface area (Å²) >= 11 is 0. The molecule has 0 radical (unpaired) electrons. The van der Waals surface area contributed by atoms with E-state index in [4.69, 9.17) is 5.11 Å². The van der Waals surface area contributed by atoms with Crippen molar-refractivity contribution < 1.29 is 5.11 Å². The van der Waals surface area contributed by atoms with Gasteiger partial charge in [0.15, 0.2) is 0 Å². The Morgan fingerprint density at radius 1 is 1.26 bits per heavy atom. The van der Waals surface area contributed by atoms with Crippen LogP contribution in [0.25, 0.3) is 0 Å². The third-order valence-electron chi connectivity index (χ3n) is 5.74. The Balaban J connectivity index is 1.46. The molecule has 1 N–H and O–H groups in total. The minimum atomic E-state index is 0.148. The maximum absolute atomic E-state index is 8.96. The summed E-state index contributed by atoms with van der Waals surface area (Å²) < 4.78 is 1.97. The number of aliphatic hydroxyl groups excluding tert-OH is 1. The highest BCUT2D eigenvalue weighted by molar-refractivity contribution is 4.93. The van der Waals surface area contributed by atoms with Crippen LogP contribution in [0.3, 0.4) is 0 Å². The van der Waals surface area contributed by atoms with Gasteiger partial charge in [-0.1, -0.05) is 25.5 Å². The fourth-order valence-electron chi connectivity index (χ4n) is 4.39. The lowest BCUT2D eigenvalue weighted by Gasteiger charge is -2.44. The molecule has 0 aromatic carbocycles. The number of rotatable bonds is 5. The number of hydrogen-bond donors (Lipinski definition) is 1. The molecule has 5 heteroatoms. The van der Waals surface area contributed by atoms with E-state index in [9.17, 15) is 0 Å². The van der Waals surface area contributed by atoms with Crippen molar-refractivity contribution in [3.8, 4) is 0 Å². The van der Waals surface area contributed by atoms with Crippen LogP contribution in [0.4, 0.5) is 0 Å². The molecule has 0 amide bonds. The number of hydrogen-bond acceptors (Lipinski definition) is 4. The van der Waals surface area contributed by atoms with Crippen LogP contribution in [0.5, 0.6) is 0 Å². The Labute approximate surface area is 140 Å². The second-order valence-electron chi connectivity index (χ2n) is 8.30. The van der Waals surface area contributed by atoms with Gasteiger partial charge in [0.2, 0.25) is 0 Å². The molecule has 2 fully saturated rings. The molecule has 1 saturated heterocycles. The number of piperidine rings is 1. The molecule has 130 valence electrons. The van der Waals surface area contributed by atoms with Gasteiger partial charge in [-0.2, -0.15) is 0 Å². The quantitative estimate of drug-likeness (QED) is 0.905. The molecule has 1 saturated carbocycles. The summed E-state index contributed by atoms with van der Waals surface area (Å²) in [7, 11) is 0. The van der Waals surface area contributed by atoms with Gasteiger partial charge in [-0.25, -0.2) is 0 Å². The number of nitrogens with zero attached hydrogens (tertiary/aromatic N) is 4. The van der Waals surface area contributed by atoms with Gasteiger partial charge in [0.25, 0.3) is 0 Å². The zero-order chi connectivity index (χ0) is 16.3. The summed E-state index contributed by atoms with van der Waals surface area (Å²) in [6, 6.07) is 0.808. The Morgan fingerprint density at radius 3 is 2.74 bits per heavy atom. The summed E-state index contributed by atoms with van der Waals surface area (Å²) in [5.41, 5.74) is 1.43. The molecule has 1 aliphatic heterocycles. The first-order chi connectivity index (χ1) is 11.1. The van der Waals surface area contributed by atoms with E-state index in [0.29, 0.717) is 17.8 Å². The standard InChI is InChI=1S/C18H32N4O/c1-18(2)8-3-4-17(12-18)21-9-5-15(6-10-21)13-22-14-16(7-11-23)19-20-22/h14-15,17,23H,3-13H2,1-2H3. The summed E-state index contributed by atoms with van der Waals surface area (Å²) in [5, 5.41) is 17.3. The predicted octanol–water partition coefficient (Wildman–Crippen LogP) is 2.49. The van der Waals surface area contributed by atoms with Gasteiger partial charge < -0.3 is 10.0 Å². The highest BCUT2D eigenvalue weighted by atomic mass is 16.3. The van der Waals surface area contributed by atoms with Gasteiger partial charge in [0.1, 0.15) is 0 Å². The highest BCUT2D eigenvalue weighted by Gasteiger charge is 2.33. The average Bonchev–Trinajstić information content (AvgIpc) is 2.95. The van der Waals surface area contributed by atoms with Gasteiger partial charge in [0.05, 0.1) is 5.69 Å². The highest BCUT2D eigenvalue weighted by Crippen LogP contribution is 2.38. The van der Waals surface area contributed by atoms with Crippen molar-refractivity contribution in [1.82, 2.24) is 19.9 Å². The lowest BCUT2D eigenvalue weighted by atomic mass is 9.74. The zero-order valence-electron chi connectivity index (χ0n) is 14.7. The predicted molar refractivity (Wildman–Crippen MR) is 91.1 cm³/mol. The Morgan fingerprint density at radius 2 is 2.04 bits per heavy atom. The molecular formula is C18H32N4O. The van der Waals surface area contributed by atoms with Crippen LogP contribution >= 0.6 is 0 Å². The average molecular weight is 320 g/mol. The SMILES string of the molecule is CC1(C)CCCC(N2CCC(Cn3cc(CCO)nn3)CC2)C1. The van der Waals surface area contributed by atoms with Crippen molar-refractivity contribution in [2.75, 3.05) is 19.7 Å². The second-order valence-corrected chi connectivity index (χ2v) is 8.30. The van der Waals surface area contributed by atoms with Crippen LogP contribution in [0, 0.1) is 11.3 Å². The van der Waals surface area contributed by atoms with Crippen molar-refractivity contribution in [3.63, 3.8) is 0 Å². The maximum atomic E-state index is 8.96. The molecule has 1 atom stereocenters. The largest absolute Gasteiger partial charge is 0.396 e. The fourth-order valence-corrected chi connectivity index (χ4v) is 4.39. The van der Waals surface area contributed by atoms with Crippen LogP contribution in [0.1, 0.15) is 58.1 Å². The molecule has 1 unspecified atom stereocenters. The first kappa shape index (κ1) is 16.9. The van der Waals surface area contributed by atoms with Crippen LogP contribution in [0.2, 0.25) is 0 Å². The number of aliphatic hydroxyl groups is 1.